The van der Waals surface area contributed by atoms with Gasteiger partial charge in [-0.2, -0.15) is 0 Å². The van der Waals surface area contributed by atoms with Gasteiger partial charge in [0.2, 0.25) is 0 Å². The number of fused-ring (bicyclic) bond motifs is 1. The number of furan rings is 1. The van der Waals surface area contributed by atoms with Crippen molar-refractivity contribution in [3.63, 3.8) is 0 Å². The number of hydrogen-bond acceptors (Lipinski definition) is 6. The first kappa shape index (κ1) is 33.7. The minimum atomic E-state index is -4.83. The number of thiol groups is 1. The third-order valence-electron chi connectivity index (χ3n) is 7.32. The Kier molecular flexibility index (Phi) is 9.11. The van der Waals surface area contributed by atoms with Crippen molar-refractivity contribution in [1.29, 1.82) is 0 Å². The number of carbonyl (C=O) groups is 1. The zero-order chi connectivity index (χ0) is 31.9. The molecule has 0 radical (unpaired) electrons. The summed E-state index contributed by atoms with van der Waals surface area (Å²) >= 11 is 4.75. The van der Waals surface area contributed by atoms with E-state index in [1.807, 2.05) is 20.8 Å². The van der Waals surface area contributed by atoms with Gasteiger partial charge in [-0.3, -0.25) is 4.79 Å². The highest BCUT2D eigenvalue weighted by atomic mass is 32.1. The molecule has 0 aliphatic rings. The minimum absolute atomic E-state index is 0.0792. The summed E-state index contributed by atoms with van der Waals surface area (Å²) in [7, 11) is 0. The summed E-state index contributed by atoms with van der Waals surface area (Å²) in [6.45, 7) is 19.9. The molecule has 0 saturated heterocycles. The largest absolute Gasteiger partial charge is 0.573 e. The van der Waals surface area contributed by atoms with Crippen LogP contribution < -0.4 is 9.47 Å². The predicted molar refractivity (Wildman–Crippen MR) is 163 cm³/mol. The zero-order valence-electron chi connectivity index (χ0n) is 26.2. The number of ether oxygens (including phenoxy) is 3. The molecule has 0 spiro atoms. The Bertz CT molecular complexity index is 1410. The van der Waals surface area contributed by atoms with Crippen LogP contribution in [0.2, 0.25) is 0 Å². The predicted octanol–water partition coefficient (Wildman–Crippen LogP) is 10.2. The molecular weight excluding hydrogens is 565 g/mol. The van der Waals surface area contributed by atoms with Crippen LogP contribution in [0.5, 0.6) is 11.5 Å². The van der Waals surface area contributed by atoms with Gasteiger partial charge in [-0.15, -0.1) is 25.8 Å². The summed E-state index contributed by atoms with van der Waals surface area (Å²) in [5, 5.41) is 0.676. The number of hydrogen-bond donors (Lipinski definition) is 1. The van der Waals surface area contributed by atoms with Crippen LogP contribution in [0.25, 0.3) is 22.3 Å². The highest BCUT2D eigenvalue weighted by Crippen LogP contribution is 2.48. The van der Waals surface area contributed by atoms with Gasteiger partial charge < -0.3 is 18.6 Å². The first-order valence-electron chi connectivity index (χ1n) is 13.9. The second-order valence-electron chi connectivity index (χ2n) is 14.3. The summed E-state index contributed by atoms with van der Waals surface area (Å²) in [4.78, 5) is 12.6. The van der Waals surface area contributed by atoms with Gasteiger partial charge in [0.15, 0.2) is 4.93 Å². The molecule has 2 aromatic carbocycles. The lowest BCUT2D eigenvalue weighted by Gasteiger charge is -2.45. The van der Waals surface area contributed by atoms with Gasteiger partial charge in [0, 0.05) is 17.9 Å². The maximum Gasteiger partial charge on any atom is 0.573 e. The third kappa shape index (κ3) is 8.62. The molecule has 0 N–H and O–H groups in total. The molecule has 0 aliphatic heterocycles. The van der Waals surface area contributed by atoms with E-state index < -0.39 is 22.3 Å². The number of benzene rings is 2. The van der Waals surface area contributed by atoms with E-state index in [1.165, 1.54) is 18.2 Å². The second kappa shape index (κ2) is 11.4. The van der Waals surface area contributed by atoms with Crippen molar-refractivity contribution in [1.82, 2.24) is 0 Å². The van der Waals surface area contributed by atoms with E-state index in [2.05, 4.69) is 46.3 Å². The Hall–Kier alpha value is -2.81. The summed E-state index contributed by atoms with van der Waals surface area (Å²) < 4.78 is 61.2. The minimum Gasteiger partial charge on any atom is -0.477 e. The molecule has 3 aromatic rings. The van der Waals surface area contributed by atoms with Crippen LogP contribution in [-0.4, -0.2) is 22.9 Å². The van der Waals surface area contributed by atoms with E-state index >= 15 is 0 Å². The van der Waals surface area contributed by atoms with Gasteiger partial charge >= 0.3 is 12.3 Å². The Morgan fingerprint density at radius 2 is 1.45 bits per heavy atom. The average molecular weight is 609 g/mol. The summed E-state index contributed by atoms with van der Waals surface area (Å²) in [5.41, 5.74) is -1.44. The van der Waals surface area contributed by atoms with E-state index in [4.69, 9.17) is 26.5 Å². The molecule has 0 bridgehead atoms. The number of esters is 1. The van der Waals surface area contributed by atoms with Gasteiger partial charge in [0.1, 0.15) is 28.4 Å². The maximum atomic E-state index is 13.6. The fourth-order valence-corrected chi connectivity index (χ4v) is 5.76. The van der Waals surface area contributed by atoms with Gasteiger partial charge in [-0.25, -0.2) is 0 Å². The molecular formula is C33H43F3O5S. The molecule has 2 atom stereocenters. The van der Waals surface area contributed by atoms with E-state index in [0.29, 0.717) is 23.1 Å². The van der Waals surface area contributed by atoms with Gasteiger partial charge in [0.25, 0.3) is 0 Å². The number of rotatable bonds is 9. The first-order valence-corrected chi connectivity index (χ1v) is 14.4. The number of halogens is 3. The third-order valence-corrected chi connectivity index (χ3v) is 7.57. The van der Waals surface area contributed by atoms with Crippen molar-refractivity contribution in [2.75, 3.05) is 0 Å². The Labute approximate surface area is 252 Å². The first-order chi connectivity index (χ1) is 18.9. The number of carbonyl (C=O) groups excluding carboxylic acids is 1. The van der Waals surface area contributed by atoms with Crippen LogP contribution in [0, 0.1) is 16.2 Å². The topological polar surface area (TPSA) is 57.9 Å². The molecule has 42 heavy (non-hydrogen) atoms. The molecule has 5 nitrogen and oxygen atoms in total. The number of para-hydroxylation sites is 1. The fourth-order valence-electron chi connectivity index (χ4n) is 5.28. The standard InChI is InChI=1S/C33H43F3O5S/c1-28(2,3)19-31(9,29(4,5)6)27(37)41-30(7,8)20-32(10,42)39-22-16-15-21-17-26(38-25(21)18-22)23-13-11-12-14-24(23)40-33(34,35)36/h11-18,42H,19-20H2,1-10H3. The highest BCUT2D eigenvalue weighted by Gasteiger charge is 2.49. The Morgan fingerprint density at radius 3 is 2.02 bits per heavy atom. The van der Waals surface area contributed by atoms with Crippen molar-refractivity contribution in [3.8, 4) is 22.8 Å². The van der Waals surface area contributed by atoms with Crippen LogP contribution in [0.4, 0.5) is 13.2 Å². The Morgan fingerprint density at radius 1 is 0.833 bits per heavy atom. The normalized spacial score (nSPS) is 16.0. The van der Waals surface area contributed by atoms with Crippen LogP contribution in [0.3, 0.4) is 0 Å². The van der Waals surface area contributed by atoms with Crippen LogP contribution in [0.1, 0.15) is 82.1 Å². The lowest BCUT2D eigenvalue weighted by molar-refractivity contribution is -0.274. The van der Waals surface area contributed by atoms with Gasteiger partial charge in [-0.1, -0.05) is 53.7 Å². The number of alkyl halides is 3. The van der Waals surface area contributed by atoms with E-state index in [-0.39, 0.29) is 40.3 Å². The van der Waals surface area contributed by atoms with Crippen molar-refractivity contribution < 1.29 is 36.6 Å². The van der Waals surface area contributed by atoms with E-state index in [0.717, 1.165) is 0 Å². The average Bonchev–Trinajstić information content (AvgIpc) is 3.18. The Balaban J connectivity index is 1.79. The molecule has 1 heterocycles. The van der Waals surface area contributed by atoms with Crippen molar-refractivity contribution in [2.24, 2.45) is 16.2 Å². The van der Waals surface area contributed by atoms with Gasteiger partial charge in [-0.05, 0) is 75.3 Å². The van der Waals surface area contributed by atoms with Crippen molar-refractivity contribution in [2.45, 2.75) is 99.0 Å². The SMILES string of the molecule is CC(C)(C)CC(C)(C(=O)OC(C)(C)CC(C)(S)Oc1ccc2cc(-c3ccccc3OC(F)(F)F)oc2c1)C(C)(C)C. The lowest BCUT2D eigenvalue weighted by atomic mass is 9.61. The zero-order valence-corrected chi connectivity index (χ0v) is 27.0. The monoisotopic (exact) mass is 608 g/mol. The smallest absolute Gasteiger partial charge is 0.477 e. The molecule has 0 saturated carbocycles. The van der Waals surface area contributed by atoms with E-state index in [1.54, 1.807) is 37.3 Å². The van der Waals surface area contributed by atoms with E-state index in [9.17, 15) is 18.0 Å². The molecule has 0 fully saturated rings. The van der Waals surface area contributed by atoms with Crippen LogP contribution in [0.15, 0.2) is 52.9 Å². The van der Waals surface area contributed by atoms with Gasteiger partial charge in [0.05, 0.1) is 11.0 Å². The summed E-state index contributed by atoms with van der Waals surface area (Å²) in [6, 6.07) is 12.6. The summed E-state index contributed by atoms with van der Waals surface area (Å²) in [6.07, 6.45) is -3.90. The molecule has 3 rings (SSSR count). The van der Waals surface area contributed by atoms with Crippen molar-refractivity contribution >= 4 is 29.6 Å². The second-order valence-corrected chi connectivity index (χ2v) is 15.2. The lowest BCUT2D eigenvalue weighted by Crippen LogP contribution is -2.48. The maximum absolute atomic E-state index is 13.6. The molecule has 9 heteroatoms. The molecule has 1 aromatic heterocycles. The van der Waals surface area contributed by atoms with Crippen LogP contribution >= 0.6 is 12.6 Å². The summed E-state index contributed by atoms with van der Waals surface area (Å²) in [5.74, 6) is 0.0413. The molecule has 232 valence electrons. The highest BCUT2D eigenvalue weighted by molar-refractivity contribution is 7.81. The van der Waals surface area contributed by atoms with Crippen LogP contribution in [-0.2, 0) is 9.53 Å². The molecule has 2 unspecified atom stereocenters. The fraction of sp³-hybridized carbons (Fsp3) is 0.545. The molecule has 0 amide bonds. The molecule has 0 aliphatic carbocycles. The quantitative estimate of drug-likeness (QED) is 0.149. The van der Waals surface area contributed by atoms with Crippen molar-refractivity contribution in [3.05, 3.63) is 48.5 Å².